The number of nitrogens with zero attached hydrogens (tertiary/aromatic N) is 1. The zero-order chi connectivity index (χ0) is 18.4. The number of hydrogen-bond acceptors (Lipinski definition) is 3. The Bertz CT molecular complexity index is 688. The maximum absolute atomic E-state index is 12.4. The van der Waals surface area contributed by atoms with Gasteiger partial charge in [0, 0.05) is 23.7 Å². The summed E-state index contributed by atoms with van der Waals surface area (Å²) in [4.78, 5) is 14.7. The third-order valence-electron chi connectivity index (χ3n) is 4.23. The van der Waals surface area contributed by atoms with Gasteiger partial charge in [-0.3, -0.25) is 4.79 Å². The molecule has 1 heterocycles. The molecule has 1 aromatic carbocycles. The van der Waals surface area contributed by atoms with Gasteiger partial charge in [0.05, 0.1) is 0 Å². The lowest BCUT2D eigenvalue weighted by Gasteiger charge is -2.31. The van der Waals surface area contributed by atoms with Crippen LogP contribution < -0.4 is 5.32 Å². The van der Waals surface area contributed by atoms with E-state index in [4.69, 9.17) is 16.0 Å². The molecule has 2 rings (SSSR count). The van der Waals surface area contributed by atoms with Gasteiger partial charge >= 0.3 is 0 Å². The molecule has 0 radical (unpaired) electrons. The Labute approximate surface area is 155 Å². The van der Waals surface area contributed by atoms with Gasteiger partial charge in [-0.05, 0) is 54.9 Å². The van der Waals surface area contributed by atoms with Crippen LogP contribution in [0, 0.1) is 5.41 Å². The van der Waals surface area contributed by atoms with Crippen molar-refractivity contribution in [2.45, 2.75) is 27.7 Å². The van der Waals surface area contributed by atoms with Crippen molar-refractivity contribution in [3.05, 3.63) is 47.2 Å². The van der Waals surface area contributed by atoms with E-state index in [1.54, 1.807) is 24.3 Å². The van der Waals surface area contributed by atoms with E-state index in [0.29, 0.717) is 23.1 Å². The van der Waals surface area contributed by atoms with Crippen LogP contribution in [-0.2, 0) is 0 Å². The summed E-state index contributed by atoms with van der Waals surface area (Å²) in [6.07, 6.45) is 0. The molecule has 0 atom stereocenters. The molecule has 0 bridgehead atoms. The van der Waals surface area contributed by atoms with Crippen LogP contribution in [0.2, 0.25) is 5.02 Å². The highest BCUT2D eigenvalue weighted by atomic mass is 35.5. The van der Waals surface area contributed by atoms with Crippen molar-refractivity contribution in [2.75, 3.05) is 26.2 Å². The molecule has 0 aliphatic rings. The molecule has 1 aromatic heterocycles. The number of rotatable bonds is 8. The molecular weight excluding hydrogens is 336 g/mol. The van der Waals surface area contributed by atoms with Gasteiger partial charge in [-0.1, -0.05) is 39.3 Å². The predicted octanol–water partition coefficient (Wildman–Crippen LogP) is 4.70. The fourth-order valence-corrected chi connectivity index (χ4v) is 2.87. The number of halogens is 1. The Balaban J connectivity index is 1.96. The molecule has 0 unspecified atom stereocenters. The standard InChI is InChI=1S/C20H27ClN2O2/c1-5-23(6-2)14-20(3,4)13-22-19(24)18-12-11-17(25-18)15-7-9-16(21)10-8-15/h7-12H,5-6,13-14H2,1-4H3,(H,22,24). The van der Waals surface area contributed by atoms with E-state index in [9.17, 15) is 4.79 Å². The van der Waals surface area contributed by atoms with E-state index >= 15 is 0 Å². The van der Waals surface area contributed by atoms with Gasteiger partial charge in [-0.25, -0.2) is 0 Å². The van der Waals surface area contributed by atoms with Gasteiger partial charge in [-0.15, -0.1) is 0 Å². The van der Waals surface area contributed by atoms with E-state index in [2.05, 4.69) is 37.9 Å². The lowest BCUT2D eigenvalue weighted by atomic mass is 9.92. The van der Waals surface area contributed by atoms with Crippen molar-refractivity contribution in [1.82, 2.24) is 10.2 Å². The van der Waals surface area contributed by atoms with Crippen LogP contribution in [0.15, 0.2) is 40.8 Å². The summed E-state index contributed by atoms with van der Waals surface area (Å²) in [5.74, 6) is 0.792. The summed E-state index contributed by atoms with van der Waals surface area (Å²) >= 11 is 5.90. The summed E-state index contributed by atoms with van der Waals surface area (Å²) in [5, 5.41) is 3.66. The van der Waals surface area contributed by atoms with Crippen LogP contribution in [0.5, 0.6) is 0 Å². The number of amides is 1. The summed E-state index contributed by atoms with van der Waals surface area (Å²) in [7, 11) is 0. The van der Waals surface area contributed by atoms with E-state index in [-0.39, 0.29) is 11.3 Å². The molecule has 0 fully saturated rings. The highest BCUT2D eigenvalue weighted by Gasteiger charge is 2.22. The Morgan fingerprint density at radius 2 is 1.76 bits per heavy atom. The molecule has 0 spiro atoms. The molecule has 0 aliphatic carbocycles. The van der Waals surface area contributed by atoms with Crippen LogP contribution in [0.3, 0.4) is 0 Å². The first-order valence-electron chi connectivity index (χ1n) is 8.71. The van der Waals surface area contributed by atoms with E-state index in [0.717, 1.165) is 25.2 Å². The van der Waals surface area contributed by atoms with E-state index < -0.39 is 0 Å². The maximum Gasteiger partial charge on any atom is 0.287 e. The maximum atomic E-state index is 12.4. The molecule has 5 heteroatoms. The minimum Gasteiger partial charge on any atom is -0.451 e. The number of hydrogen-bond donors (Lipinski definition) is 1. The topological polar surface area (TPSA) is 45.5 Å². The molecule has 1 N–H and O–H groups in total. The van der Waals surface area contributed by atoms with Crippen molar-refractivity contribution < 1.29 is 9.21 Å². The second-order valence-corrected chi connectivity index (χ2v) is 7.42. The minimum atomic E-state index is -0.187. The number of carbonyl (C=O) groups excluding carboxylic acids is 1. The zero-order valence-electron chi connectivity index (χ0n) is 15.4. The average molecular weight is 363 g/mol. The largest absolute Gasteiger partial charge is 0.451 e. The van der Waals surface area contributed by atoms with Crippen LogP contribution in [-0.4, -0.2) is 37.0 Å². The molecule has 4 nitrogen and oxygen atoms in total. The van der Waals surface area contributed by atoms with Gasteiger partial charge in [0.2, 0.25) is 0 Å². The first-order valence-corrected chi connectivity index (χ1v) is 9.08. The van der Waals surface area contributed by atoms with Crippen molar-refractivity contribution >= 4 is 17.5 Å². The summed E-state index contributed by atoms with van der Waals surface area (Å²) in [6.45, 7) is 12.2. The Morgan fingerprint density at radius 1 is 1.12 bits per heavy atom. The second-order valence-electron chi connectivity index (χ2n) is 6.98. The molecule has 0 saturated carbocycles. The molecule has 25 heavy (non-hydrogen) atoms. The molecule has 136 valence electrons. The molecule has 0 saturated heterocycles. The molecule has 0 aliphatic heterocycles. The van der Waals surface area contributed by atoms with Crippen LogP contribution in [0.4, 0.5) is 0 Å². The molecule has 2 aromatic rings. The van der Waals surface area contributed by atoms with Crippen molar-refractivity contribution in [3.8, 4) is 11.3 Å². The lowest BCUT2D eigenvalue weighted by molar-refractivity contribution is 0.0897. The third-order valence-corrected chi connectivity index (χ3v) is 4.48. The minimum absolute atomic E-state index is 0.00666. The van der Waals surface area contributed by atoms with Gasteiger partial charge in [0.15, 0.2) is 5.76 Å². The zero-order valence-corrected chi connectivity index (χ0v) is 16.2. The lowest BCUT2D eigenvalue weighted by Crippen LogP contribution is -2.42. The Kier molecular flexibility index (Phi) is 6.68. The fourth-order valence-electron chi connectivity index (χ4n) is 2.74. The SMILES string of the molecule is CCN(CC)CC(C)(C)CNC(=O)c1ccc(-c2ccc(Cl)cc2)o1. The Hall–Kier alpha value is -1.78. The van der Waals surface area contributed by atoms with Crippen LogP contribution in [0.1, 0.15) is 38.2 Å². The summed E-state index contributed by atoms with van der Waals surface area (Å²) < 4.78 is 5.69. The van der Waals surface area contributed by atoms with Gasteiger partial charge in [0.25, 0.3) is 5.91 Å². The highest BCUT2D eigenvalue weighted by Crippen LogP contribution is 2.24. The Morgan fingerprint density at radius 3 is 2.36 bits per heavy atom. The van der Waals surface area contributed by atoms with E-state index in [1.165, 1.54) is 0 Å². The number of furan rings is 1. The monoisotopic (exact) mass is 362 g/mol. The second kappa shape index (κ2) is 8.54. The average Bonchev–Trinajstić information content (AvgIpc) is 3.08. The van der Waals surface area contributed by atoms with Crippen molar-refractivity contribution in [3.63, 3.8) is 0 Å². The van der Waals surface area contributed by atoms with Crippen molar-refractivity contribution in [1.29, 1.82) is 0 Å². The quantitative estimate of drug-likeness (QED) is 0.740. The number of carbonyl (C=O) groups is 1. The number of benzene rings is 1. The van der Waals surface area contributed by atoms with Crippen molar-refractivity contribution in [2.24, 2.45) is 5.41 Å². The predicted molar refractivity (Wildman–Crippen MR) is 103 cm³/mol. The summed E-state index contributed by atoms with van der Waals surface area (Å²) in [6, 6.07) is 10.9. The van der Waals surface area contributed by atoms with Gasteiger partial charge < -0.3 is 14.6 Å². The number of nitrogens with one attached hydrogen (secondary N) is 1. The summed E-state index contributed by atoms with van der Waals surface area (Å²) in [5.41, 5.74) is 0.887. The first kappa shape index (κ1) is 19.5. The van der Waals surface area contributed by atoms with Crippen LogP contribution >= 0.6 is 11.6 Å². The van der Waals surface area contributed by atoms with Gasteiger partial charge in [0.1, 0.15) is 5.76 Å². The highest BCUT2D eigenvalue weighted by molar-refractivity contribution is 6.30. The fraction of sp³-hybridized carbons (Fsp3) is 0.450. The molecule has 1 amide bonds. The van der Waals surface area contributed by atoms with Gasteiger partial charge in [-0.2, -0.15) is 0 Å². The smallest absolute Gasteiger partial charge is 0.287 e. The van der Waals surface area contributed by atoms with E-state index in [1.807, 2.05) is 12.1 Å². The third kappa shape index (κ3) is 5.62. The van der Waals surface area contributed by atoms with Crippen LogP contribution in [0.25, 0.3) is 11.3 Å². The first-order chi connectivity index (χ1) is 11.8. The molecular formula is C20H27ClN2O2. The normalized spacial score (nSPS) is 11.8.